The maximum atomic E-state index is 12.9. The summed E-state index contributed by atoms with van der Waals surface area (Å²) in [5.74, 6) is -0.272. The van der Waals surface area contributed by atoms with Gasteiger partial charge in [-0.1, -0.05) is 43.0 Å². The first-order valence-corrected chi connectivity index (χ1v) is 11.3. The van der Waals surface area contributed by atoms with Gasteiger partial charge in [0.1, 0.15) is 4.90 Å². The Labute approximate surface area is 171 Å². The van der Waals surface area contributed by atoms with Gasteiger partial charge in [-0.05, 0) is 62.1 Å². The summed E-state index contributed by atoms with van der Waals surface area (Å²) in [6, 6.07) is 10.0. The predicted molar refractivity (Wildman–Crippen MR) is 113 cm³/mol. The largest absolute Gasteiger partial charge is 0.349 e. The molecule has 150 valence electrons. The minimum absolute atomic E-state index is 0.0759. The molecule has 1 amide bonds. The van der Waals surface area contributed by atoms with Gasteiger partial charge >= 0.3 is 0 Å². The van der Waals surface area contributed by atoms with Gasteiger partial charge in [0.05, 0.1) is 10.7 Å². The zero-order valence-corrected chi connectivity index (χ0v) is 17.7. The van der Waals surface area contributed by atoms with Crippen LogP contribution in [0.5, 0.6) is 0 Å². The lowest BCUT2D eigenvalue weighted by molar-refractivity contribution is 0.0927. The van der Waals surface area contributed by atoms with Crippen LogP contribution in [0.25, 0.3) is 0 Å². The minimum Gasteiger partial charge on any atom is -0.349 e. The number of anilines is 1. The molecule has 2 aromatic rings. The fourth-order valence-electron chi connectivity index (χ4n) is 3.41. The molecule has 3 rings (SSSR count). The first-order chi connectivity index (χ1) is 13.3. The van der Waals surface area contributed by atoms with Crippen molar-refractivity contribution in [1.29, 1.82) is 0 Å². The molecule has 0 heterocycles. The maximum absolute atomic E-state index is 12.9. The number of carbonyl (C=O) groups is 1. The third-order valence-electron chi connectivity index (χ3n) is 5.06. The summed E-state index contributed by atoms with van der Waals surface area (Å²) in [7, 11) is -3.93. The zero-order valence-electron chi connectivity index (χ0n) is 16.1. The highest BCUT2D eigenvalue weighted by Crippen LogP contribution is 2.27. The van der Waals surface area contributed by atoms with Gasteiger partial charge in [0.25, 0.3) is 15.9 Å². The smallest absolute Gasteiger partial charge is 0.263 e. The molecular formula is C21H25ClN2O3S. The normalized spacial score (nSPS) is 15.2. The van der Waals surface area contributed by atoms with Crippen molar-refractivity contribution < 1.29 is 13.2 Å². The Balaban J connectivity index is 1.85. The molecule has 1 fully saturated rings. The van der Waals surface area contributed by atoms with E-state index in [1.165, 1.54) is 18.6 Å². The molecule has 5 nitrogen and oxygen atoms in total. The molecule has 1 saturated carbocycles. The van der Waals surface area contributed by atoms with E-state index in [0.717, 1.165) is 36.8 Å². The highest BCUT2D eigenvalue weighted by atomic mass is 35.5. The highest BCUT2D eigenvalue weighted by Gasteiger charge is 2.22. The van der Waals surface area contributed by atoms with Crippen molar-refractivity contribution in [2.24, 2.45) is 0 Å². The molecular weight excluding hydrogens is 396 g/mol. The predicted octanol–water partition coefficient (Wildman–Crippen LogP) is 4.82. The van der Waals surface area contributed by atoms with E-state index >= 15 is 0 Å². The molecule has 0 saturated heterocycles. The Morgan fingerprint density at radius 3 is 2.46 bits per heavy atom. The van der Waals surface area contributed by atoms with Crippen LogP contribution in [0.4, 0.5) is 5.69 Å². The van der Waals surface area contributed by atoms with E-state index in [1.54, 1.807) is 12.1 Å². The molecule has 1 aliphatic carbocycles. The van der Waals surface area contributed by atoms with E-state index in [1.807, 2.05) is 26.0 Å². The van der Waals surface area contributed by atoms with E-state index in [2.05, 4.69) is 10.0 Å². The van der Waals surface area contributed by atoms with Gasteiger partial charge in [-0.3, -0.25) is 9.52 Å². The first kappa shape index (κ1) is 20.7. The van der Waals surface area contributed by atoms with Crippen LogP contribution in [0, 0.1) is 13.8 Å². The lowest BCUT2D eigenvalue weighted by atomic mass is 9.95. The molecule has 0 bridgehead atoms. The Hall–Kier alpha value is -2.05. The average Bonchev–Trinajstić information content (AvgIpc) is 2.65. The average molecular weight is 421 g/mol. The van der Waals surface area contributed by atoms with Gasteiger partial charge in [-0.25, -0.2) is 8.42 Å². The van der Waals surface area contributed by atoms with Crippen LogP contribution in [0.3, 0.4) is 0 Å². The molecule has 0 radical (unpaired) electrons. The van der Waals surface area contributed by atoms with Crippen LogP contribution in [0.2, 0.25) is 5.02 Å². The fraction of sp³-hybridized carbons (Fsp3) is 0.381. The Morgan fingerprint density at radius 1 is 1.04 bits per heavy atom. The maximum Gasteiger partial charge on any atom is 0.263 e. The molecule has 2 N–H and O–H groups in total. The summed E-state index contributed by atoms with van der Waals surface area (Å²) in [5.41, 5.74) is 2.52. The van der Waals surface area contributed by atoms with Crippen molar-refractivity contribution in [3.8, 4) is 0 Å². The van der Waals surface area contributed by atoms with Crippen LogP contribution in [-0.2, 0) is 10.0 Å². The summed E-state index contributed by atoms with van der Waals surface area (Å²) >= 11 is 6.16. The standard InChI is InChI=1S/C21H25ClN2O3S/c1-14-8-9-15(2)19(12-14)24-28(26,27)20-13-16(10-11-18(20)22)21(25)23-17-6-4-3-5-7-17/h8-13,17,24H,3-7H2,1-2H3,(H,23,25). The summed E-state index contributed by atoms with van der Waals surface area (Å²) in [5, 5.41) is 3.08. The summed E-state index contributed by atoms with van der Waals surface area (Å²) in [6.45, 7) is 3.72. The number of rotatable bonds is 5. The second-order valence-electron chi connectivity index (χ2n) is 7.38. The summed E-state index contributed by atoms with van der Waals surface area (Å²) < 4.78 is 28.4. The van der Waals surface area contributed by atoms with E-state index in [9.17, 15) is 13.2 Å². The SMILES string of the molecule is Cc1ccc(C)c(NS(=O)(=O)c2cc(C(=O)NC3CCCCC3)ccc2Cl)c1. The van der Waals surface area contributed by atoms with Crippen LogP contribution >= 0.6 is 11.6 Å². The number of amides is 1. The molecule has 2 aromatic carbocycles. The van der Waals surface area contributed by atoms with Crippen LogP contribution in [-0.4, -0.2) is 20.4 Å². The van der Waals surface area contributed by atoms with Gasteiger partial charge in [-0.15, -0.1) is 0 Å². The summed E-state index contributed by atoms with van der Waals surface area (Å²) in [6.07, 6.45) is 5.31. The molecule has 0 unspecified atom stereocenters. The third-order valence-corrected chi connectivity index (χ3v) is 6.91. The first-order valence-electron chi connectivity index (χ1n) is 9.47. The Kier molecular flexibility index (Phi) is 6.30. The topological polar surface area (TPSA) is 75.3 Å². The van der Waals surface area contributed by atoms with E-state index in [-0.39, 0.29) is 27.4 Å². The Bertz CT molecular complexity index is 983. The number of aryl methyl sites for hydroxylation is 2. The number of nitrogens with one attached hydrogen (secondary N) is 2. The van der Waals surface area contributed by atoms with Crippen molar-refractivity contribution >= 4 is 33.2 Å². The molecule has 7 heteroatoms. The van der Waals surface area contributed by atoms with E-state index in [4.69, 9.17) is 11.6 Å². The van der Waals surface area contributed by atoms with Crippen molar-refractivity contribution in [3.63, 3.8) is 0 Å². The number of benzene rings is 2. The molecule has 1 aliphatic rings. The molecule has 0 atom stereocenters. The number of halogens is 1. The molecule has 28 heavy (non-hydrogen) atoms. The van der Waals surface area contributed by atoms with E-state index in [0.29, 0.717) is 5.69 Å². The quantitative estimate of drug-likeness (QED) is 0.728. The Morgan fingerprint density at radius 2 is 1.75 bits per heavy atom. The highest BCUT2D eigenvalue weighted by molar-refractivity contribution is 7.92. The lowest BCUT2D eigenvalue weighted by Crippen LogP contribution is -2.36. The molecule has 0 aliphatic heterocycles. The molecule has 0 spiro atoms. The second kappa shape index (κ2) is 8.53. The summed E-state index contributed by atoms with van der Waals surface area (Å²) in [4.78, 5) is 12.5. The number of sulfonamides is 1. The molecule has 0 aromatic heterocycles. The monoisotopic (exact) mass is 420 g/mol. The van der Waals surface area contributed by atoms with E-state index < -0.39 is 10.0 Å². The third kappa shape index (κ3) is 4.86. The number of carbonyl (C=O) groups excluding carboxylic acids is 1. The van der Waals surface area contributed by atoms with Crippen molar-refractivity contribution in [3.05, 3.63) is 58.1 Å². The van der Waals surface area contributed by atoms with Gasteiger partial charge in [-0.2, -0.15) is 0 Å². The second-order valence-corrected chi connectivity index (χ2v) is 9.44. The van der Waals surface area contributed by atoms with Gasteiger partial charge in [0.2, 0.25) is 0 Å². The van der Waals surface area contributed by atoms with Crippen molar-refractivity contribution in [2.45, 2.75) is 56.9 Å². The van der Waals surface area contributed by atoms with Crippen molar-refractivity contribution in [2.75, 3.05) is 4.72 Å². The van der Waals surface area contributed by atoms with Crippen LogP contribution < -0.4 is 10.0 Å². The minimum atomic E-state index is -3.93. The van der Waals surface area contributed by atoms with Crippen LogP contribution in [0.15, 0.2) is 41.3 Å². The number of hydrogen-bond acceptors (Lipinski definition) is 3. The zero-order chi connectivity index (χ0) is 20.3. The van der Waals surface area contributed by atoms with Crippen molar-refractivity contribution in [1.82, 2.24) is 5.32 Å². The fourth-order valence-corrected chi connectivity index (χ4v) is 5.06. The van der Waals surface area contributed by atoms with Gasteiger partial charge in [0, 0.05) is 11.6 Å². The lowest BCUT2D eigenvalue weighted by Gasteiger charge is -2.23. The van der Waals surface area contributed by atoms with Crippen LogP contribution in [0.1, 0.15) is 53.6 Å². The number of hydrogen-bond donors (Lipinski definition) is 2. The van der Waals surface area contributed by atoms with Gasteiger partial charge in [0.15, 0.2) is 0 Å². The van der Waals surface area contributed by atoms with Gasteiger partial charge < -0.3 is 5.32 Å².